The molecule has 0 saturated carbocycles. The molecule has 3 aromatic rings. The Morgan fingerprint density at radius 3 is 2.50 bits per heavy atom. The molecule has 2 amide bonds. The molecule has 4 rings (SSSR count). The molecule has 1 N–H and O–H groups in total. The Hall–Kier alpha value is -2.97. The summed E-state index contributed by atoms with van der Waals surface area (Å²) in [5.74, 6) is -0.368. The van der Waals surface area contributed by atoms with Crippen LogP contribution in [0.25, 0.3) is 11.3 Å². The van der Waals surface area contributed by atoms with Gasteiger partial charge in [0.25, 0.3) is 5.91 Å². The monoisotopic (exact) mass is 441 g/mol. The Morgan fingerprint density at radius 2 is 1.83 bits per heavy atom. The highest BCUT2D eigenvalue weighted by atomic mass is 35.5. The number of carbonyl (C=O) groups is 2. The second-order valence-electron chi connectivity index (χ2n) is 6.91. The number of anilines is 2. The first-order chi connectivity index (χ1) is 14.5. The summed E-state index contributed by atoms with van der Waals surface area (Å²) in [4.78, 5) is 33.5. The summed E-state index contributed by atoms with van der Waals surface area (Å²) in [5, 5.41) is 3.49. The molecule has 1 aromatic carbocycles. The summed E-state index contributed by atoms with van der Waals surface area (Å²) in [5.41, 5.74) is 2.89. The number of rotatable bonds is 4. The first-order valence-corrected chi connectivity index (χ1v) is 10.7. The molecule has 0 radical (unpaired) electrons. The lowest BCUT2D eigenvalue weighted by atomic mass is 10.1. The van der Waals surface area contributed by atoms with Crippen molar-refractivity contribution in [3.8, 4) is 11.3 Å². The summed E-state index contributed by atoms with van der Waals surface area (Å²) >= 11 is 7.21. The van der Waals surface area contributed by atoms with Gasteiger partial charge in [-0.3, -0.25) is 14.6 Å². The molecule has 1 fully saturated rings. The number of nitrogens with zero attached hydrogens (tertiary/aromatic N) is 4. The third-order valence-corrected chi connectivity index (χ3v) is 5.95. The molecule has 3 heterocycles. The number of amides is 2. The standard InChI is InChI=1S/C21H20ClN5O2S/c1-14(28)24-19-18(15-5-7-23-8-6-15)25-30-20(19)21(29)27-11-9-26(10-12-27)17-4-2-3-16(22)13-17/h2-8,13H,9-12H2,1H3,(H,24,28). The Bertz CT molecular complexity index is 1060. The largest absolute Gasteiger partial charge is 0.368 e. The molecule has 154 valence electrons. The van der Waals surface area contributed by atoms with Crippen molar-refractivity contribution < 1.29 is 9.59 Å². The summed E-state index contributed by atoms with van der Waals surface area (Å²) in [6, 6.07) is 11.3. The van der Waals surface area contributed by atoms with Crippen molar-refractivity contribution in [2.45, 2.75) is 6.92 Å². The van der Waals surface area contributed by atoms with Gasteiger partial charge in [0.15, 0.2) is 0 Å². The lowest BCUT2D eigenvalue weighted by Crippen LogP contribution is -2.48. The van der Waals surface area contributed by atoms with Crippen LogP contribution in [-0.4, -0.2) is 52.3 Å². The molecule has 9 heteroatoms. The summed E-state index contributed by atoms with van der Waals surface area (Å²) < 4.78 is 4.45. The van der Waals surface area contributed by atoms with E-state index in [1.54, 1.807) is 29.4 Å². The van der Waals surface area contributed by atoms with E-state index in [9.17, 15) is 9.59 Å². The summed E-state index contributed by atoms with van der Waals surface area (Å²) in [7, 11) is 0. The first kappa shape index (κ1) is 20.3. The zero-order valence-corrected chi connectivity index (χ0v) is 17.9. The normalized spacial score (nSPS) is 13.9. The van der Waals surface area contributed by atoms with E-state index in [1.807, 2.05) is 24.3 Å². The fourth-order valence-corrected chi connectivity index (χ4v) is 4.43. The minimum Gasteiger partial charge on any atom is -0.368 e. The fourth-order valence-electron chi connectivity index (χ4n) is 3.42. The summed E-state index contributed by atoms with van der Waals surface area (Å²) in [6.45, 7) is 3.99. The average Bonchev–Trinajstić information content (AvgIpc) is 3.17. The van der Waals surface area contributed by atoms with E-state index in [-0.39, 0.29) is 11.8 Å². The van der Waals surface area contributed by atoms with Gasteiger partial charge in [0.1, 0.15) is 10.6 Å². The van der Waals surface area contributed by atoms with Gasteiger partial charge in [-0.25, -0.2) is 0 Å². The van der Waals surface area contributed by atoms with Crippen LogP contribution in [0.3, 0.4) is 0 Å². The van der Waals surface area contributed by atoms with Crippen molar-refractivity contribution in [2.75, 3.05) is 36.4 Å². The van der Waals surface area contributed by atoms with E-state index in [1.165, 1.54) is 6.92 Å². The minimum atomic E-state index is -0.245. The van der Waals surface area contributed by atoms with Crippen LogP contribution in [0.5, 0.6) is 0 Å². The predicted molar refractivity (Wildman–Crippen MR) is 119 cm³/mol. The Morgan fingerprint density at radius 1 is 1.10 bits per heavy atom. The molecule has 1 aliphatic heterocycles. The molecule has 0 bridgehead atoms. The van der Waals surface area contributed by atoms with Crippen molar-refractivity contribution in [1.29, 1.82) is 0 Å². The highest BCUT2D eigenvalue weighted by molar-refractivity contribution is 7.09. The van der Waals surface area contributed by atoms with E-state index >= 15 is 0 Å². The maximum atomic E-state index is 13.2. The van der Waals surface area contributed by atoms with Crippen LogP contribution in [0.2, 0.25) is 5.02 Å². The van der Waals surface area contributed by atoms with Crippen LogP contribution in [0.1, 0.15) is 16.6 Å². The number of pyridine rings is 1. The predicted octanol–water partition coefficient (Wildman–Crippen LogP) is 3.78. The molecule has 0 spiro atoms. The topological polar surface area (TPSA) is 78.4 Å². The summed E-state index contributed by atoms with van der Waals surface area (Å²) in [6.07, 6.45) is 3.31. The fraction of sp³-hybridized carbons (Fsp3) is 0.238. The van der Waals surface area contributed by atoms with Crippen molar-refractivity contribution in [2.24, 2.45) is 0 Å². The van der Waals surface area contributed by atoms with Gasteiger partial charge in [0, 0.05) is 61.8 Å². The van der Waals surface area contributed by atoms with Gasteiger partial charge in [-0.1, -0.05) is 17.7 Å². The lowest BCUT2D eigenvalue weighted by molar-refractivity contribution is -0.114. The molecule has 0 aliphatic carbocycles. The Labute approximate surface area is 183 Å². The first-order valence-electron chi connectivity index (χ1n) is 9.50. The molecule has 2 aromatic heterocycles. The van der Waals surface area contributed by atoms with Crippen LogP contribution in [0, 0.1) is 0 Å². The quantitative estimate of drug-likeness (QED) is 0.666. The van der Waals surface area contributed by atoms with Crippen LogP contribution in [-0.2, 0) is 4.79 Å². The maximum Gasteiger partial charge on any atom is 0.267 e. The number of hydrogen-bond acceptors (Lipinski definition) is 6. The number of nitrogens with one attached hydrogen (secondary N) is 1. The zero-order chi connectivity index (χ0) is 21.1. The number of hydrogen-bond donors (Lipinski definition) is 1. The third kappa shape index (κ3) is 4.29. The van der Waals surface area contributed by atoms with E-state index in [0.29, 0.717) is 47.5 Å². The van der Waals surface area contributed by atoms with Gasteiger partial charge in [0.2, 0.25) is 5.91 Å². The van der Waals surface area contributed by atoms with Gasteiger partial charge in [-0.2, -0.15) is 4.37 Å². The number of piperazine rings is 1. The van der Waals surface area contributed by atoms with E-state index < -0.39 is 0 Å². The van der Waals surface area contributed by atoms with Crippen molar-refractivity contribution in [1.82, 2.24) is 14.3 Å². The second-order valence-corrected chi connectivity index (χ2v) is 8.12. The van der Waals surface area contributed by atoms with Crippen LogP contribution in [0.4, 0.5) is 11.4 Å². The van der Waals surface area contributed by atoms with Gasteiger partial charge in [-0.05, 0) is 41.9 Å². The van der Waals surface area contributed by atoms with Crippen molar-refractivity contribution in [3.05, 3.63) is 58.7 Å². The van der Waals surface area contributed by atoms with E-state index in [0.717, 1.165) is 22.8 Å². The number of carbonyl (C=O) groups excluding carboxylic acids is 2. The molecule has 1 aliphatic rings. The van der Waals surface area contributed by atoms with Crippen LogP contribution >= 0.6 is 23.1 Å². The minimum absolute atomic E-state index is 0.123. The maximum absolute atomic E-state index is 13.2. The van der Waals surface area contributed by atoms with Gasteiger partial charge >= 0.3 is 0 Å². The van der Waals surface area contributed by atoms with Gasteiger partial charge < -0.3 is 15.1 Å². The Kier molecular flexibility index (Phi) is 5.96. The van der Waals surface area contributed by atoms with E-state index in [4.69, 9.17) is 11.6 Å². The van der Waals surface area contributed by atoms with Gasteiger partial charge in [-0.15, -0.1) is 0 Å². The number of aromatic nitrogens is 2. The number of halogens is 1. The smallest absolute Gasteiger partial charge is 0.267 e. The second kappa shape index (κ2) is 8.81. The number of benzene rings is 1. The van der Waals surface area contributed by atoms with E-state index in [2.05, 4.69) is 19.6 Å². The highest BCUT2D eigenvalue weighted by Crippen LogP contribution is 2.34. The Balaban J connectivity index is 1.54. The van der Waals surface area contributed by atoms with Crippen LogP contribution < -0.4 is 10.2 Å². The third-order valence-electron chi connectivity index (χ3n) is 4.88. The molecule has 0 atom stereocenters. The molecular formula is C21H20ClN5O2S. The highest BCUT2D eigenvalue weighted by Gasteiger charge is 2.28. The van der Waals surface area contributed by atoms with Crippen molar-refractivity contribution in [3.63, 3.8) is 0 Å². The van der Waals surface area contributed by atoms with Crippen LogP contribution in [0.15, 0.2) is 48.8 Å². The molecule has 1 saturated heterocycles. The average molecular weight is 442 g/mol. The van der Waals surface area contributed by atoms with Crippen molar-refractivity contribution >= 4 is 46.3 Å². The SMILES string of the molecule is CC(=O)Nc1c(-c2ccncc2)nsc1C(=O)N1CCN(c2cccc(Cl)c2)CC1. The molecule has 30 heavy (non-hydrogen) atoms. The van der Waals surface area contributed by atoms with Gasteiger partial charge in [0.05, 0.1) is 5.69 Å². The molecular weight excluding hydrogens is 422 g/mol. The molecule has 7 nitrogen and oxygen atoms in total. The zero-order valence-electron chi connectivity index (χ0n) is 16.3. The lowest BCUT2D eigenvalue weighted by Gasteiger charge is -2.36. The molecule has 0 unspecified atom stereocenters.